The van der Waals surface area contributed by atoms with Crippen molar-refractivity contribution in [1.82, 2.24) is 25.6 Å². The van der Waals surface area contributed by atoms with E-state index in [1.165, 1.54) is 0 Å². The van der Waals surface area contributed by atoms with Gasteiger partial charge in [-0.2, -0.15) is 0 Å². The molecule has 2 N–H and O–H groups in total. The number of nitrogens with zero attached hydrogens (tertiary/aromatic N) is 3. The maximum absolute atomic E-state index is 5.04. The highest BCUT2D eigenvalue weighted by Gasteiger charge is 1.94. The normalized spacial score (nSPS) is 9.93. The SMILES string of the molecule is COCCNC(=S)NCCn1ccnn1. The number of rotatable bonds is 6. The topological polar surface area (TPSA) is 64.0 Å². The van der Waals surface area contributed by atoms with Gasteiger partial charge in [-0.05, 0) is 12.2 Å². The molecule has 1 rings (SSSR count). The lowest BCUT2D eigenvalue weighted by molar-refractivity contribution is 0.204. The van der Waals surface area contributed by atoms with Gasteiger partial charge in [-0.1, -0.05) is 5.21 Å². The maximum Gasteiger partial charge on any atom is 0.166 e. The zero-order chi connectivity index (χ0) is 10.9. The van der Waals surface area contributed by atoms with E-state index in [2.05, 4.69) is 20.9 Å². The van der Waals surface area contributed by atoms with Crippen LogP contribution < -0.4 is 10.6 Å². The number of thiocarbonyl (C=S) groups is 1. The van der Waals surface area contributed by atoms with Gasteiger partial charge < -0.3 is 15.4 Å². The Hall–Kier alpha value is -1.21. The molecule has 84 valence electrons. The second kappa shape index (κ2) is 7.13. The van der Waals surface area contributed by atoms with Gasteiger partial charge in [0.2, 0.25) is 0 Å². The predicted octanol–water partition coefficient (Wildman–Crippen LogP) is -0.611. The first-order valence-corrected chi connectivity index (χ1v) is 5.08. The lowest BCUT2D eigenvalue weighted by Crippen LogP contribution is -2.38. The van der Waals surface area contributed by atoms with Gasteiger partial charge in [0.1, 0.15) is 0 Å². The molecule has 1 aromatic rings. The van der Waals surface area contributed by atoms with Crippen LogP contribution in [0.3, 0.4) is 0 Å². The minimum absolute atomic E-state index is 0.632. The van der Waals surface area contributed by atoms with Crippen LogP contribution >= 0.6 is 12.2 Å². The van der Waals surface area contributed by atoms with Crippen LogP contribution in [0.15, 0.2) is 12.4 Å². The summed E-state index contributed by atoms with van der Waals surface area (Å²) in [5.41, 5.74) is 0. The molecular weight excluding hydrogens is 214 g/mol. The summed E-state index contributed by atoms with van der Waals surface area (Å²) in [5.74, 6) is 0. The molecule has 1 aromatic heterocycles. The summed E-state index contributed by atoms with van der Waals surface area (Å²) < 4.78 is 6.62. The first-order valence-electron chi connectivity index (χ1n) is 4.67. The molecule has 0 fully saturated rings. The zero-order valence-corrected chi connectivity index (χ0v) is 9.46. The Kier molecular flexibility index (Phi) is 5.64. The zero-order valence-electron chi connectivity index (χ0n) is 8.64. The Morgan fingerprint density at radius 3 is 2.93 bits per heavy atom. The fourth-order valence-electron chi connectivity index (χ4n) is 0.965. The molecule has 0 spiro atoms. The summed E-state index contributed by atoms with van der Waals surface area (Å²) >= 11 is 5.04. The molecule has 0 bridgehead atoms. The molecule has 0 aromatic carbocycles. The minimum Gasteiger partial charge on any atom is -0.383 e. The van der Waals surface area contributed by atoms with Gasteiger partial charge >= 0.3 is 0 Å². The molecule has 0 unspecified atom stereocenters. The van der Waals surface area contributed by atoms with Crippen molar-refractivity contribution in [2.24, 2.45) is 0 Å². The van der Waals surface area contributed by atoms with E-state index in [0.717, 1.165) is 13.1 Å². The van der Waals surface area contributed by atoms with Gasteiger partial charge in [-0.3, -0.25) is 4.68 Å². The van der Waals surface area contributed by atoms with Crippen LogP contribution in [0, 0.1) is 0 Å². The highest BCUT2D eigenvalue weighted by atomic mass is 32.1. The average molecular weight is 229 g/mol. The van der Waals surface area contributed by atoms with Crippen molar-refractivity contribution in [3.05, 3.63) is 12.4 Å². The standard InChI is InChI=1S/C8H15N5OS/c1-14-7-4-10-8(15)9-2-5-13-6-3-11-12-13/h3,6H,2,4-5,7H2,1H3,(H2,9,10,15). The Bertz CT molecular complexity index is 277. The van der Waals surface area contributed by atoms with Crippen LogP contribution in [-0.2, 0) is 11.3 Å². The van der Waals surface area contributed by atoms with Crippen LogP contribution in [0.2, 0.25) is 0 Å². The van der Waals surface area contributed by atoms with Crippen molar-refractivity contribution in [3.8, 4) is 0 Å². The summed E-state index contributed by atoms with van der Waals surface area (Å²) in [7, 11) is 1.66. The molecule has 0 aliphatic heterocycles. The fraction of sp³-hybridized carbons (Fsp3) is 0.625. The van der Waals surface area contributed by atoms with E-state index >= 15 is 0 Å². The van der Waals surface area contributed by atoms with Crippen LogP contribution in [-0.4, -0.2) is 46.9 Å². The van der Waals surface area contributed by atoms with Gasteiger partial charge in [-0.25, -0.2) is 0 Å². The first-order chi connectivity index (χ1) is 7.33. The number of hydrogen-bond acceptors (Lipinski definition) is 4. The molecule has 6 nitrogen and oxygen atoms in total. The van der Waals surface area contributed by atoms with E-state index < -0.39 is 0 Å². The number of aromatic nitrogens is 3. The van der Waals surface area contributed by atoms with E-state index in [0.29, 0.717) is 18.3 Å². The number of ether oxygens (including phenoxy) is 1. The van der Waals surface area contributed by atoms with Gasteiger partial charge in [0.25, 0.3) is 0 Å². The predicted molar refractivity (Wildman–Crippen MR) is 60.5 cm³/mol. The van der Waals surface area contributed by atoms with Gasteiger partial charge in [0, 0.05) is 26.4 Å². The van der Waals surface area contributed by atoms with Crippen molar-refractivity contribution >= 4 is 17.3 Å². The number of hydrogen-bond donors (Lipinski definition) is 2. The molecule has 0 saturated heterocycles. The van der Waals surface area contributed by atoms with Crippen molar-refractivity contribution in [2.45, 2.75) is 6.54 Å². The Morgan fingerprint density at radius 2 is 2.27 bits per heavy atom. The van der Waals surface area contributed by atoms with Crippen molar-refractivity contribution in [3.63, 3.8) is 0 Å². The highest BCUT2D eigenvalue weighted by Crippen LogP contribution is 1.78. The third kappa shape index (κ3) is 5.28. The molecule has 0 saturated carbocycles. The van der Waals surface area contributed by atoms with Gasteiger partial charge in [-0.15, -0.1) is 5.10 Å². The van der Waals surface area contributed by atoms with E-state index in [4.69, 9.17) is 17.0 Å². The second-order valence-corrected chi connectivity index (χ2v) is 3.25. The molecule has 15 heavy (non-hydrogen) atoms. The minimum atomic E-state index is 0.632. The van der Waals surface area contributed by atoms with E-state index in [1.807, 2.05) is 6.20 Å². The summed E-state index contributed by atoms with van der Waals surface area (Å²) in [6.45, 7) is 2.82. The highest BCUT2D eigenvalue weighted by molar-refractivity contribution is 7.80. The number of nitrogens with one attached hydrogen (secondary N) is 2. The summed E-state index contributed by atoms with van der Waals surface area (Å²) in [6, 6.07) is 0. The summed E-state index contributed by atoms with van der Waals surface area (Å²) in [4.78, 5) is 0. The molecule has 0 aliphatic rings. The molecular formula is C8H15N5OS. The van der Waals surface area contributed by atoms with Gasteiger partial charge in [0.05, 0.1) is 19.3 Å². The monoisotopic (exact) mass is 229 g/mol. The molecule has 7 heteroatoms. The molecule has 0 radical (unpaired) electrons. The van der Waals surface area contributed by atoms with Crippen LogP contribution in [0.4, 0.5) is 0 Å². The van der Waals surface area contributed by atoms with E-state index in [9.17, 15) is 0 Å². The lowest BCUT2D eigenvalue weighted by atomic mass is 10.6. The van der Waals surface area contributed by atoms with Crippen LogP contribution in [0.25, 0.3) is 0 Å². The van der Waals surface area contributed by atoms with Crippen LogP contribution in [0.1, 0.15) is 0 Å². The molecule has 0 aliphatic carbocycles. The van der Waals surface area contributed by atoms with Crippen molar-refractivity contribution < 1.29 is 4.74 Å². The largest absolute Gasteiger partial charge is 0.383 e. The van der Waals surface area contributed by atoms with Gasteiger partial charge in [0.15, 0.2) is 5.11 Å². The Labute approximate surface area is 94.0 Å². The quantitative estimate of drug-likeness (QED) is 0.501. The van der Waals surface area contributed by atoms with Crippen LogP contribution in [0.5, 0.6) is 0 Å². The Morgan fingerprint density at radius 1 is 1.47 bits per heavy atom. The van der Waals surface area contributed by atoms with E-state index in [1.54, 1.807) is 18.0 Å². The van der Waals surface area contributed by atoms with Crippen molar-refractivity contribution in [2.75, 3.05) is 26.8 Å². The first kappa shape index (κ1) is 11.9. The molecule has 0 amide bonds. The lowest BCUT2D eigenvalue weighted by Gasteiger charge is -2.09. The average Bonchev–Trinajstić information content (AvgIpc) is 2.71. The fourth-order valence-corrected chi connectivity index (χ4v) is 1.17. The molecule has 1 heterocycles. The van der Waals surface area contributed by atoms with Crippen molar-refractivity contribution in [1.29, 1.82) is 0 Å². The van der Waals surface area contributed by atoms with E-state index in [-0.39, 0.29) is 0 Å². The second-order valence-electron chi connectivity index (χ2n) is 2.84. The maximum atomic E-state index is 5.04. The third-order valence-electron chi connectivity index (χ3n) is 1.69. The smallest absolute Gasteiger partial charge is 0.166 e. The third-order valence-corrected chi connectivity index (χ3v) is 1.98. The molecule has 0 atom stereocenters. The summed E-state index contributed by atoms with van der Waals surface area (Å²) in [5, 5.41) is 14.2. The number of methoxy groups -OCH3 is 1. The Balaban J connectivity index is 2.02. The summed E-state index contributed by atoms with van der Waals surface area (Å²) in [6.07, 6.45) is 3.46.